The van der Waals surface area contributed by atoms with E-state index in [0.29, 0.717) is 0 Å². The number of nitriles is 1. The Morgan fingerprint density at radius 3 is 2.29 bits per heavy atom. The van der Waals surface area contributed by atoms with E-state index in [2.05, 4.69) is 11.2 Å². The summed E-state index contributed by atoms with van der Waals surface area (Å²) in [6.07, 6.45) is 0. The van der Waals surface area contributed by atoms with E-state index in [-0.39, 0.29) is 6.04 Å². The Morgan fingerprint density at radius 1 is 1.43 bits per heavy atom. The molecule has 0 radical (unpaired) electrons. The Hall–Kier alpha value is -1.34. The highest BCUT2D eigenvalue weighted by molar-refractivity contribution is 5.32. The SMILES string of the molecule is Cc1nn(C)c(C)c1C(C#N)N(C)C. The van der Waals surface area contributed by atoms with E-state index in [4.69, 9.17) is 5.26 Å². The van der Waals surface area contributed by atoms with Crippen LogP contribution in [0.25, 0.3) is 0 Å². The minimum Gasteiger partial charge on any atom is -0.290 e. The van der Waals surface area contributed by atoms with E-state index < -0.39 is 0 Å². The van der Waals surface area contributed by atoms with Crippen molar-refractivity contribution in [3.8, 4) is 6.07 Å². The Kier molecular flexibility index (Phi) is 2.92. The molecule has 76 valence electrons. The van der Waals surface area contributed by atoms with E-state index >= 15 is 0 Å². The lowest BCUT2D eigenvalue weighted by atomic mass is 10.1. The van der Waals surface area contributed by atoms with Gasteiger partial charge in [-0.15, -0.1) is 0 Å². The largest absolute Gasteiger partial charge is 0.290 e. The maximum atomic E-state index is 9.08. The second kappa shape index (κ2) is 3.81. The molecule has 0 amide bonds. The molecule has 0 saturated heterocycles. The molecule has 0 aliphatic carbocycles. The Bertz CT molecular complexity index is 370. The summed E-state index contributed by atoms with van der Waals surface area (Å²) in [5.74, 6) is 0. The van der Waals surface area contributed by atoms with Gasteiger partial charge in [-0.2, -0.15) is 10.4 Å². The third-order valence-corrected chi connectivity index (χ3v) is 2.48. The lowest BCUT2D eigenvalue weighted by molar-refractivity contribution is 0.356. The molecular weight excluding hydrogens is 176 g/mol. The molecule has 0 aromatic carbocycles. The van der Waals surface area contributed by atoms with Crippen molar-refractivity contribution in [3.63, 3.8) is 0 Å². The smallest absolute Gasteiger partial charge is 0.126 e. The number of hydrogen-bond donors (Lipinski definition) is 0. The Labute approximate surface area is 84.7 Å². The second-order valence-electron chi connectivity index (χ2n) is 3.70. The summed E-state index contributed by atoms with van der Waals surface area (Å²) < 4.78 is 1.82. The molecule has 0 N–H and O–H groups in total. The van der Waals surface area contributed by atoms with Gasteiger partial charge in [-0.05, 0) is 27.9 Å². The van der Waals surface area contributed by atoms with Gasteiger partial charge in [0, 0.05) is 18.3 Å². The van der Waals surface area contributed by atoms with Gasteiger partial charge in [-0.25, -0.2) is 0 Å². The highest BCUT2D eigenvalue weighted by Gasteiger charge is 2.21. The highest BCUT2D eigenvalue weighted by atomic mass is 15.3. The maximum Gasteiger partial charge on any atom is 0.126 e. The van der Waals surface area contributed by atoms with Crippen molar-refractivity contribution in [1.82, 2.24) is 14.7 Å². The molecule has 1 atom stereocenters. The van der Waals surface area contributed by atoms with Crippen LogP contribution in [-0.2, 0) is 7.05 Å². The van der Waals surface area contributed by atoms with Crippen molar-refractivity contribution in [1.29, 1.82) is 5.26 Å². The first-order valence-corrected chi connectivity index (χ1v) is 4.55. The first-order chi connectivity index (χ1) is 6.49. The molecule has 0 saturated carbocycles. The van der Waals surface area contributed by atoms with Gasteiger partial charge in [0.05, 0.1) is 11.8 Å². The van der Waals surface area contributed by atoms with E-state index in [1.807, 2.05) is 44.6 Å². The molecular formula is C10H16N4. The van der Waals surface area contributed by atoms with Gasteiger partial charge in [0.1, 0.15) is 6.04 Å². The maximum absolute atomic E-state index is 9.08. The number of aryl methyl sites for hydroxylation is 2. The monoisotopic (exact) mass is 192 g/mol. The molecule has 0 fully saturated rings. The molecule has 4 nitrogen and oxygen atoms in total. The minimum atomic E-state index is -0.205. The van der Waals surface area contributed by atoms with Crippen LogP contribution in [0.15, 0.2) is 0 Å². The van der Waals surface area contributed by atoms with Gasteiger partial charge in [0.2, 0.25) is 0 Å². The van der Waals surface area contributed by atoms with Crippen molar-refractivity contribution in [3.05, 3.63) is 17.0 Å². The molecule has 0 aliphatic rings. The molecule has 1 rings (SSSR count). The lowest BCUT2D eigenvalue weighted by Crippen LogP contribution is -2.19. The Morgan fingerprint density at radius 2 is 2.00 bits per heavy atom. The summed E-state index contributed by atoms with van der Waals surface area (Å²) in [4.78, 5) is 1.90. The van der Waals surface area contributed by atoms with Gasteiger partial charge >= 0.3 is 0 Å². The molecule has 0 spiro atoms. The van der Waals surface area contributed by atoms with E-state index in [0.717, 1.165) is 17.0 Å². The summed E-state index contributed by atoms with van der Waals surface area (Å²) in [6, 6.07) is 2.08. The van der Waals surface area contributed by atoms with Crippen LogP contribution in [0.5, 0.6) is 0 Å². The van der Waals surface area contributed by atoms with Crippen LogP contribution in [0.2, 0.25) is 0 Å². The van der Waals surface area contributed by atoms with Crippen molar-refractivity contribution < 1.29 is 0 Å². The minimum absolute atomic E-state index is 0.205. The van der Waals surface area contributed by atoms with Crippen LogP contribution in [0.4, 0.5) is 0 Å². The van der Waals surface area contributed by atoms with E-state index in [9.17, 15) is 0 Å². The van der Waals surface area contributed by atoms with Crippen LogP contribution in [-0.4, -0.2) is 28.8 Å². The topological polar surface area (TPSA) is 44.9 Å². The normalized spacial score (nSPS) is 12.9. The zero-order valence-corrected chi connectivity index (χ0v) is 9.37. The summed E-state index contributed by atoms with van der Waals surface area (Å²) in [7, 11) is 5.70. The average Bonchev–Trinajstić information content (AvgIpc) is 2.32. The van der Waals surface area contributed by atoms with E-state index in [1.165, 1.54) is 0 Å². The van der Waals surface area contributed by atoms with Gasteiger partial charge in [0.25, 0.3) is 0 Å². The summed E-state index contributed by atoms with van der Waals surface area (Å²) >= 11 is 0. The van der Waals surface area contributed by atoms with Crippen molar-refractivity contribution in [2.45, 2.75) is 19.9 Å². The summed E-state index contributed by atoms with van der Waals surface area (Å²) in [5, 5.41) is 13.4. The van der Waals surface area contributed by atoms with Crippen LogP contribution >= 0.6 is 0 Å². The molecule has 0 bridgehead atoms. The standard InChI is InChI=1S/C10H16N4/c1-7-10(8(2)14(5)12-7)9(6-11)13(3)4/h9H,1-5H3. The predicted octanol–water partition coefficient (Wildman–Crippen LogP) is 1.16. The third-order valence-electron chi connectivity index (χ3n) is 2.48. The zero-order chi connectivity index (χ0) is 10.9. The first kappa shape index (κ1) is 10.7. The summed E-state index contributed by atoms with van der Waals surface area (Å²) in [5.41, 5.74) is 3.02. The van der Waals surface area contributed by atoms with Crippen LogP contribution < -0.4 is 0 Å². The third kappa shape index (κ3) is 1.64. The van der Waals surface area contributed by atoms with Crippen molar-refractivity contribution in [2.75, 3.05) is 14.1 Å². The molecule has 1 aromatic rings. The quantitative estimate of drug-likeness (QED) is 0.706. The van der Waals surface area contributed by atoms with Crippen molar-refractivity contribution >= 4 is 0 Å². The fourth-order valence-electron chi connectivity index (χ4n) is 1.62. The van der Waals surface area contributed by atoms with Crippen LogP contribution in [0.3, 0.4) is 0 Å². The summed E-state index contributed by atoms with van der Waals surface area (Å²) in [6.45, 7) is 3.93. The van der Waals surface area contributed by atoms with Crippen LogP contribution in [0, 0.1) is 25.2 Å². The average molecular weight is 192 g/mol. The van der Waals surface area contributed by atoms with E-state index in [1.54, 1.807) is 0 Å². The zero-order valence-electron chi connectivity index (χ0n) is 9.37. The van der Waals surface area contributed by atoms with Gasteiger partial charge in [-0.1, -0.05) is 0 Å². The molecule has 0 aliphatic heterocycles. The highest BCUT2D eigenvalue weighted by Crippen LogP contribution is 2.23. The number of aromatic nitrogens is 2. The van der Waals surface area contributed by atoms with Crippen LogP contribution in [0.1, 0.15) is 23.0 Å². The molecule has 4 heteroatoms. The molecule has 1 heterocycles. The Balaban J connectivity index is 3.24. The lowest BCUT2D eigenvalue weighted by Gasteiger charge is -2.17. The number of nitrogens with zero attached hydrogens (tertiary/aromatic N) is 4. The molecule has 14 heavy (non-hydrogen) atoms. The van der Waals surface area contributed by atoms with Crippen molar-refractivity contribution in [2.24, 2.45) is 7.05 Å². The number of hydrogen-bond acceptors (Lipinski definition) is 3. The fraction of sp³-hybridized carbons (Fsp3) is 0.600. The predicted molar refractivity (Wildman–Crippen MR) is 54.7 cm³/mol. The molecule has 1 aromatic heterocycles. The second-order valence-corrected chi connectivity index (χ2v) is 3.70. The molecule has 1 unspecified atom stereocenters. The van der Waals surface area contributed by atoms with Gasteiger partial charge in [0.15, 0.2) is 0 Å². The number of rotatable bonds is 2. The fourth-order valence-corrected chi connectivity index (χ4v) is 1.62. The van der Waals surface area contributed by atoms with Gasteiger partial charge in [-0.3, -0.25) is 9.58 Å². The van der Waals surface area contributed by atoms with Gasteiger partial charge < -0.3 is 0 Å². The first-order valence-electron chi connectivity index (χ1n) is 4.55.